The first-order valence-electron chi connectivity index (χ1n) is 7.07. The van der Waals surface area contributed by atoms with Gasteiger partial charge in [0.05, 0.1) is 5.69 Å². The highest BCUT2D eigenvalue weighted by Gasteiger charge is 2.26. The van der Waals surface area contributed by atoms with Crippen LogP contribution in [0.3, 0.4) is 0 Å². The maximum Gasteiger partial charge on any atom is 0.418 e. The minimum Gasteiger partial charge on any atom is -0.443 e. The quantitative estimate of drug-likeness (QED) is 0.794. The van der Waals surface area contributed by atoms with Gasteiger partial charge in [0.2, 0.25) is 0 Å². The third-order valence-electron chi connectivity index (χ3n) is 3.31. The molecule has 1 aromatic rings. The van der Waals surface area contributed by atoms with Crippen molar-refractivity contribution in [1.29, 1.82) is 0 Å². The molecule has 1 aromatic carbocycles. The van der Waals surface area contributed by atoms with Crippen LogP contribution >= 0.6 is 0 Å². The molecular formula is C17H23NO2. The molecular weight excluding hydrogens is 250 g/mol. The molecule has 0 aromatic heterocycles. The Kier molecular flexibility index (Phi) is 3.89. The average molecular weight is 273 g/mol. The number of ether oxygens (including phenoxy) is 1. The molecule has 0 N–H and O–H groups in total. The van der Waals surface area contributed by atoms with Crippen LogP contribution in [0.15, 0.2) is 31.0 Å². The number of hydrogen-bond acceptors (Lipinski definition) is 2. The van der Waals surface area contributed by atoms with Crippen LogP contribution in [-0.2, 0) is 4.74 Å². The van der Waals surface area contributed by atoms with E-state index in [1.54, 1.807) is 0 Å². The molecule has 0 unspecified atom stereocenters. The smallest absolute Gasteiger partial charge is 0.418 e. The molecule has 3 nitrogen and oxygen atoms in total. The molecule has 108 valence electrons. The van der Waals surface area contributed by atoms with E-state index in [9.17, 15) is 4.79 Å². The van der Waals surface area contributed by atoms with Gasteiger partial charge < -0.3 is 4.74 Å². The highest BCUT2D eigenvalue weighted by Crippen LogP contribution is 2.41. The Bertz CT molecular complexity index is 524. The SMILES string of the molecule is C=CN(C(=O)OC(C)(C)C)c1cc(C2CC2)ccc1C. The van der Waals surface area contributed by atoms with Crippen molar-refractivity contribution >= 4 is 11.8 Å². The molecule has 0 heterocycles. The fourth-order valence-corrected chi connectivity index (χ4v) is 2.14. The van der Waals surface area contributed by atoms with E-state index in [-0.39, 0.29) is 6.09 Å². The summed E-state index contributed by atoms with van der Waals surface area (Å²) in [6.45, 7) is 11.3. The van der Waals surface area contributed by atoms with Crippen LogP contribution in [0, 0.1) is 6.92 Å². The second kappa shape index (κ2) is 5.31. The van der Waals surface area contributed by atoms with Gasteiger partial charge in [0.1, 0.15) is 5.60 Å². The number of hydrogen-bond donors (Lipinski definition) is 0. The maximum atomic E-state index is 12.3. The zero-order valence-corrected chi connectivity index (χ0v) is 12.8. The van der Waals surface area contributed by atoms with Gasteiger partial charge in [-0.25, -0.2) is 4.79 Å². The minimum absolute atomic E-state index is 0.386. The number of benzene rings is 1. The normalized spacial score (nSPS) is 14.8. The Morgan fingerprint density at radius 1 is 1.40 bits per heavy atom. The second-order valence-corrected chi connectivity index (χ2v) is 6.35. The Hall–Kier alpha value is -1.77. The first-order valence-corrected chi connectivity index (χ1v) is 7.07. The molecule has 1 saturated carbocycles. The topological polar surface area (TPSA) is 29.5 Å². The van der Waals surface area contributed by atoms with Crippen LogP contribution < -0.4 is 4.90 Å². The van der Waals surface area contributed by atoms with Crippen LogP contribution in [0.25, 0.3) is 0 Å². The Morgan fingerprint density at radius 3 is 2.55 bits per heavy atom. The van der Waals surface area contributed by atoms with Crippen LogP contribution in [0.1, 0.15) is 50.7 Å². The summed E-state index contributed by atoms with van der Waals surface area (Å²) in [6.07, 6.45) is 3.61. The average Bonchev–Trinajstić information content (AvgIpc) is 3.14. The van der Waals surface area contributed by atoms with Crippen LogP contribution in [0.2, 0.25) is 0 Å². The summed E-state index contributed by atoms with van der Waals surface area (Å²) < 4.78 is 5.43. The van der Waals surface area contributed by atoms with E-state index in [1.807, 2.05) is 27.7 Å². The summed E-state index contributed by atoms with van der Waals surface area (Å²) in [7, 11) is 0. The van der Waals surface area contributed by atoms with Gasteiger partial charge in [0.25, 0.3) is 0 Å². The van der Waals surface area contributed by atoms with E-state index in [0.29, 0.717) is 5.92 Å². The van der Waals surface area contributed by atoms with Crippen molar-refractivity contribution in [2.45, 2.75) is 52.1 Å². The summed E-state index contributed by atoms with van der Waals surface area (Å²) in [5, 5.41) is 0. The summed E-state index contributed by atoms with van der Waals surface area (Å²) in [6, 6.07) is 6.29. The molecule has 0 radical (unpaired) electrons. The molecule has 0 spiro atoms. The Balaban J connectivity index is 2.28. The highest BCUT2D eigenvalue weighted by atomic mass is 16.6. The fourth-order valence-electron chi connectivity index (χ4n) is 2.14. The summed E-state index contributed by atoms with van der Waals surface area (Å²) in [5.74, 6) is 0.652. The van der Waals surface area contributed by atoms with Gasteiger partial charge in [-0.3, -0.25) is 4.90 Å². The molecule has 0 aliphatic heterocycles. The van der Waals surface area contributed by atoms with Crippen molar-refractivity contribution < 1.29 is 9.53 Å². The molecule has 0 bridgehead atoms. The molecule has 1 aliphatic carbocycles. The second-order valence-electron chi connectivity index (χ2n) is 6.35. The van der Waals surface area contributed by atoms with E-state index < -0.39 is 5.60 Å². The van der Waals surface area contributed by atoms with Gasteiger partial charge in [-0.05, 0) is 63.6 Å². The molecule has 1 fully saturated rings. The van der Waals surface area contributed by atoms with Gasteiger partial charge in [0, 0.05) is 6.20 Å². The molecule has 1 aliphatic rings. The summed E-state index contributed by atoms with van der Waals surface area (Å²) in [4.78, 5) is 13.8. The number of nitrogens with zero attached hydrogens (tertiary/aromatic N) is 1. The van der Waals surface area contributed by atoms with E-state index in [1.165, 1.54) is 29.5 Å². The molecule has 0 atom stereocenters. The Labute approximate surface area is 121 Å². The van der Waals surface area contributed by atoms with Crippen molar-refractivity contribution in [1.82, 2.24) is 0 Å². The first-order chi connectivity index (χ1) is 9.31. The number of amides is 1. The molecule has 1 amide bonds. The zero-order chi connectivity index (χ0) is 14.9. The van der Waals surface area contributed by atoms with E-state index in [4.69, 9.17) is 4.74 Å². The number of anilines is 1. The standard InChI is InChI=1S/C17H23NO2/c1-6-18(16(19)20-17(3,4)5)15-11-14(13-9-10-13)8-7-12(15)2/h6-8,11,13H,1,9-10H2,2-5H3. The predicted octanol–water partition coefficient (Wildman–Crippen LogP) is 4.76. The van der Waals surface area contributed by atoms with Gasteiger partial charge >= 0.3 is 6.09 Å². The minimum atomic E-state index is -0.514. The van der Waals surface area contributed by atoms with Crippen molar-refractivity contribution in [2.24, 2.45) is 0 Å². The number of rotatable bonds is 3. The summed E-state index contributed by atoms with van der Waals surface area (Å²) in [5.41, 5.74) is 2.68. The zero-order valence-electron chi connectivity index (χ0n) is 12.8. The van der Waals surface area contributed by atoms with Crippen LogP contribution in [0.5, 0.6) is 0 Å². The molecule has 0 saturated heterocycles. The molecule has 20 heavy (non-hydrogen) atoms. The lowest BCUT2D eigenvalue weighted by atomic mass is 10.1. The van der Waals surface area contributed by atoms with Crippen molar-refractivity contribution in [2.75, 3.05) is 4.90 Å². The number of carbonyl (C=O) groups excluding carboxylic acids is 1. The number of carbonyl (C=O) groups is 1. The lowest BCUT2D eigenvalue weighted by Gasteiger charge is -2.26. The largest absolute Gasteiger partial charge is 0.443 e. The highest BCUT2D eigenvalue weighted by molar-refractivity contribution is 5.90. The van der Waals surface area contributed by atoms with Crippen molar-refractivity contribution in [3.8, 4) is 0 Å². The lowest BCUT2D eigenvalue weighted by Crippen LogP contribution is -2.33. The predicted molar refractivity (Wildman–Crippen MR) is 82.1 cm³/mol. The lowest BCUT2D eigenvalue weighted by molar-refractivity contribution is 0.0596. The summed E-state index contributed by atoms with van der Waals surface area (Å²) >= 11 is 0. The van der Waals surface area contributed by atoms with Crippen LogP contribution in [0.4, 0.5) is 10.5 Å². The van der Waals surface area contributed by atoms with Crippen LogP contribution in [-0.4, -0.2) is 11.7 Å². The van der Waals surface area contributed by atoms with E-state index in [0.717, 1.165) is 11.3 Å². The monoisotopic (exact) mass is 273 g/mol. The van der Waals surface area contributed by atoms with Gasteiger partial charge in [0.15, 0.2) is 0 Å². The van der Waals surface area contributed by atoms with Gasteiger partial charge in [-0.2, -0.15) is 0 Å². The molecule has 2 rings (SSSR count). The fraction of sp³-hybridized carbons (Fsp3) is 0.471. The van der Waals surface area contributed by atoms with E-state index >= 15 is 0 Å². The third-order valence-corrected chi connectivity index (χ3v) is 3.31. The van der Waals surface area contributed by atoms with Crippen molar-refractivity contribution in [3.05, 3.63) is 42.1 Å². The van der Waals surface area contributed by atoms with Crippen molar-refractivity contribution in [3.63, 3.8) is 0 Å². The molecule has 3 heteroatoms. The first kappa shape index (κ1) is 14.6. The van der Waals surface area contributed by atoms with Gasteiger partial charge in [-0.15, -0.1) is 0 Å². The maximum absolute atomic E-state index is 12.3. The van der Waals surface area contributed by atoms with Gasteiger partial charge in [-0.1, -0.05) is 18.7 Å². The number of aryl methyl sites for hydroxylation is 1. The van der Waals surface area contributed by atoms with E-state index in [2.05, 4.69) is 24.8 Å². The third kappa shape index (κ3) is 3.41. The Morgan fingerprint density at radius 2 is 2.05 bits per heavy atom.